The average molecular weight is 389 g/mol. The zero-order chi connectivity index (χ0) is 18.9. The lowest BCUT2D eigenvalue weighted by Crippen LogP contribution is -2.38. The second-order valence-corrected chi connectivity index (χ2v) is 10.8. The van der Waals surface area contributed by atoms with Crippen molar-refractivity contribution in [3.05, 3.63) is 35.5 Å². The molecule has 1 aliphatic carbocycles. The summed E-state index contributed by atoms with van der Waals surface area (Å²) in [4.78, 5) is 6.20. The van der Waals surface area contributed by atoms with Crippen LogP contribution in [0.4, 0.5) is 0 Å². The van der Waals surface area contributed by atoms with Crippen molar-refractivity contribution in [2.75, 3.05) is 18.1 Å². The van der Waals surface area contributed by atoms with E-state index >= 15 is 0 Å². The fraction of sp³-hybridized carbons (Fsp3) is 0.636. The van der Waals surface area contributed by atoms with Crippen molar-refractivity contribution in [3.8, 4) is 0 Å². The highest BCUT2D eigenvalue weighted by molar-refractivity contribution is 7.91. The van der Waals surface area contributed by atoms with E-state index in [0.29, 0.717) is 12.5 Å². The average Bonchev–Trinajstić information content (AvgIpc) is 3.41. The SMILES string of the molecule is CCS(=O)(=O)CCc1ccc2[nH]cc(CC3CCCN3C3CCCC3)c2c1. The van der Waals surface area contributed by atoms with Gasteiger partial charge in [0.1, 0.15) is 9.84 Å². The summed E-state index contributed by atoms with van der Waals surface area (Å²) in [5, 5.41) is 1.28. The van der Waals surface area contributed by atoms with Gasteiger partial charge in [-0.2, -0.15) is 0 Å². The van der Waals surface area contributed by atoms with Crippen molar-refractivity contribution >= 4 is 20.7 Å². The number of rotatable bonds is 7. The van der Waals surface area contributed by atoms with Crippen LogP contribution in [0.5, 0.6) is 0 Å². The summed E-state index contributed by atoms with van der Waals surface area (Å²) in [6.45, 7) is 2.98. The minimum atomic E-state index is -2.92. The van der Waals surface area contributed by atoms with E-state index in [-0.39, 0.29) is 11.5 Å². The number of aryl methyl sites for hydroxylation is 1. The second-order valence-electron chi connectivity index (χ2n) is 8.36. The number of nitrogens with one attached hydrogen (secondary N) is 1. The highest BCUT2D eigenvalue weighted by Gasteiger charge is 2.32. The fourth-order valence-electron chi connectivity index (χ4n) is 5.02. The molecule has 2 aromatic rings. The summed E-state index contributed by atoms with van der Waals surface area (Å²) in [6.07, 6.45) is 12.0. The summed E-state index contributed by atoms with van der Waals surface area (Å²) in [5.41, 5.74) is 3.68. The molecule has 1 N–H and O–H groups in total. The van der Waals surface area contributed by atoms with E-state index in [2.05, 4.69) is 34.3 Å². The molecular weight excluding hydrogens is 356 g/mol. The Hall–Kier alpha value is -1.33. The first kappa shape index (κ1) is 19.0. The third kappa shape index (κ3) is 4.24. The van der Waals surface area contributed by atoms with Gasteiger partial charge >= 0.3 is 0 Å². The Balaban J connectivity index is 1.50. The molecule has 1 saturated heterocycles. The van der Waals surface area contributed by atoms with Gasteiger partial charge in [-0.25, -0.2) is 8.42 Å². The monoisotopic (exact) mass is 388 g/mol. The molecule has 1 aromatic carbocycles. The lowest BCUT2D eigenvalue weighted by molar-refractivity contribution is 0.181. The molecule has 0 bridgehead atoms. The molecule has 0 spiro atoms. The van der Waals surface area contributed by atoms with Gasteiger partial charge in [-0.05, 0) is 68.3 Å². The molecule has 4 rings (SSSR count). The molecular formula is C22H32N2O2S. The van der Waals surface area contributed by atoms with Crippen LogP contribution in [0.1, 0.15) is 56.6 Å². The molecule has 2 fully saturated rings. The number of sulfone groups is 1. The van der Waals surface area contributed by atoms with E-state index in [9.17, 15) is 8.42 Å². The number of aromatic nitrogens is 1. The summed E-state index contributed by atoms with van der Waals surface area (Å²) in [7, 11) is -2.92. The maximum atomic E-state index is 11.8. The van der Waals surface area contributed by atoms with Crippen molar-refractivity contribution in [3.63, 3.8) is 0 Å². The van der Waals surface area contributed by atoms with Gasteiger partial charge in [0.25, 0.3) is 0 Å². The first-order chi connectivity index (χ1) is 13.1. The van der Waals surface area contributed by atoms with Crippen molar-refractivity contribution < 1.29 is 8.42 Å². The largest absolute Gasteiger partial charge is 0.361 e. The van der Waals surface area contributed by atoms with E-state index in [1.54, 1.807) is 6.92 Å². The second kappa shape index (κ2) is 7.96. The number of nitrogens with zero attached hydrogens (tertiary/aromatic N) is 1. The van der Waals surface area contributed by atoms with Gasteiger partial charge in [0.2, 0.25) is 0 Å². The zero-order valence-corrected chi connectivity index (χ0v) is 17.2. The molecule has 2 heterocycles. The molecule has 1 aliphatic heterocycles. The molecule has 4 nitrogen and oxygen atoms in total. The number of aromatic amines is 1. The van der Waals surface area contributed by atoms with Crippen LogP contribution < -0.4 is 0 Å². The molecule has 0 radical (unpaired) electrons. The maximum absolute atomic E-state index is 11.8. The summed E-state index contributed by atoms with van der Waals surface area (Å²) >= 11 is 0. The van der Waals surface area contributed by atoms with Gasteiger partial charge < -0.3 is 4.98 Å². The standard InChI is InChI=1S/C22H32N2O2S/c1-2-27(25,26)13-11-17-9-10-22-21(14-17)18(16-23-22)15-20-8-5-12-24(20)19-6-3-4-7-19/h9-10,14,16,19-20,23H,2-8,11-13,15H2,1H3. The Labute approximate surface area is 163 Å². The molecule has 27 heavy (non-hydrogen) atoms. The minimum Gasteiger partial charge on any atom is -0.361 e. The van der Waals surface area contributed by atoms with Crippen LogP contribution in [0.15, 0.2) is 24.4 Å². The van der Waals surface area contributed by atoms with Crippen molar-refractivity contribution in [1.29, 1.82) is 0 Å². The lowest BCUT2D eigenvalue weighted by atomic mass is 10.0. The predicted molar refractivity (Wildman–Crippen MR) is 112 cm³/mol. The molecule has 2 aliphatic rings. The molecule has 148 valence electrons. The van der Waals surface area contributed by atoms with Crippen LogP contribution in [0.2, 0.25) is 0 Å². The van der Waals surface area contributed by atoms with E-state index in [1.807, 2.05) is 0 Å². The van der Waals surface area contributed by atoms with Crippen LogP contribution in [0.25, 0.3) is 10.9 Å². The molecule has 1 saturated carbocycles. The highest BCUT2D eigenvalue weighted by Crippen LogP contribution is 2.32. The van der Waals surface area contributed by atoms with Gasteiger partial charge in [0, 0.05) is 34.9 Å². The number of hydrogen-bond donors (Lipinski definition) is 1. The topological polar surface area (TPSA) is 53.2 Å². The Kier molecular flexibility index (Phi) is 5.60. The van der Waals surface area contributed by atoms with E-state index < -0.39 is 9.84 Å². The third-order valence-electron chi connectivity index (χ3n) is 6.65. The number of H-pyrrole nitrogens is 1. The minimum absolute atomic E-state index is 0.226. The van der Waals surface area contributed by atoms with Crippen LogP contribution in [0.3, 0.4) is 0 Å². The van der Waals surface area contributed by atoms with Crippen molar-refractivity contribution in [2.45, 2.75) is 70.4 Å². The van der Waals surface area contributed by atoms with Gasteiger partial charge in [0.05, 0.1) is 5.75 Å². The van der Waals surface area contributed by atoms with Crippen molar-refractivity contribution in [2.24, 2.45) is 0 Å². The van der Waals surface area contributed by atoms with Gasteiger partial charge in [-0.1, -0.05) is 25.8 Å². The molecule has 1 aromatic heterocycles. The number of fused-ring (bicyclic) bond motifs is 1. The summed E-state index contributed by atoms with van der Waals surface area (Å²) < 4.78 is 23.7. The van der Waals surface area contributed by atoms with Gasteiger partial charge in [-0.15, -0.1) is 0 Å². The van der Waals surface area contributed by atoms with Crippen LogP contribution in [0, 0.1) is 0 Å². The lowest BCUT2D eigenvalue weighted by Gasteiger charge is -2.30. The van der Waals surface area contributed by atoms with Crippen LogP contribution in [-0.4, -0.2) is 48.4 Å². The summed E-state index contributed by atoms with van der Waals surface area (Å²) in [5.74, 6) is 0.468. The van der Waals surface area contributed by atoms with Gasteiger partial charge in [0.15, 0.2) is 0 Å². The van der Waals surface area contributed by atoms with E-state index in [1.165, 1.54) is 56.0 Å². The van der Waals surface area contributed by atoms with Crippen LogP contribution in [-0.2, 0) is 22.7 Å². The van der Waals surface area contributed by atoms with Crippen LogP contribution >= 0.6 is 0 Å². The summed E-state index contributed by atoms with van der Waals surface area (Å²) in [6, 6.07) is 7.85. The Bertz CT molecular complexity index is 881. The highest BCUT2D eigenvalue weighted by atomic mass is 32.2. The van der Waals surface area contributed by atoms with Gasteiger partial charge in [-0.3, -0.25) is 4.90 Å². The molecule has 1 unspecified atom stereocenters. The first-order valence-electron chi connectivity index (χ1n) is 10.6. The quantitative estimate of drug-likeness (QED) is 0.777. The normalized spacial score (nSPS) is 22.2. The molecule has 5 heteroatoms. The van der Waals surface area contributed by atoms with E-state index in [0.717, 1.165) is 23.5 Å². The van der Waals surface area contributed by atoms with E-state index in [4.69, 9.17) is 0 Å². The fourth-order valence-corrected chi connectivity index (χ4v) is 5.85. The number of likely N-dealkylation sites (tertiary alicyclic amines) is 1. The maximum Gasteiger partial charge on any atom is 0.150 e. The Morgan fingerprint density at radius 3 is 2.74 bits per heavy atom. The third-order valence-corrected chi connectivity index (χ3v) is 8.35. The molecule has 0 amide bonds. The number of hydrogen-bond acceptors (Lipinski definition) is 3. The smallest absolute Gasteiger partial charge is 0.150 e. The Morgan fingerprint density at radius 2 is 1.96 bits per heavy atom. The predicted octanol–water partition coefficient (Wildman–Crippen LogP) is 4.09. The first-order valence-corrected chi connectivity index (χ1v) is 12.4. The molecule has 1 atom stereocenters. The zero-order valence-electron chi connectivity index (χ0n) is 16.4. The van der Waals surface area contributed by atoms with Crippen molar-refractivity contribution in [1.82, 2.24) is 9.88 Å². The number of benzene rings is 1. The Morgan fingerprint density at radius 1 is 1.15 bits per heavy atom.